The van der Waals surface area contributed by atoms with Crippen LogP contribution in [0, 0.1) is 0 Å². The number of hydrogen-bond acceptors (Lipinski definition) is 6. The molecule has 9 nitrogen and oxygen atoms in total. The maximum absolute atomic E-state index is 13.3. The minimum absolute atomic E-state index is 0.0417. The fourth-order valence-electron chi connectivity index (χ4n) is 5.16. The lowest BCUT2D eigenvalue weighted by Crippen LogP contribution is -2.51. The molecule has 0 aliphatic carbocycles. The maximum Gasteiger partial charge on any atom is 0.344 e. The zero-order valence-electron chi connectivity index (χ0n) is 19.8. The van der Waals surface area contributed by atoms with Crippen molar-refractivity contribution in [3.05, 3.63) is 59.7 Å². The average Bonchev–Trinajstić information content (AvgIpc) is 3.32. The number of amides is 4. The van der Waals surface area contributed by atoms with Crippen LogP contribution in [0.2, 0.25) is 0 Å². The molecule has 2 atom stereocenters. The van der Waals surface area contributed by atoms with Gasteiger partial charge in [-0.2, -0.15) is 5.01 Å². The first kappa shape index (κ1) is 23.2. The lowest BCUT2D eigenvalue weighted by Gasteiger charge is -2.27. The van der Waals surface area contributed by atoms with Gasteiger partial charge in [-0.05, 0) is 49.1 Å². The zero-order valence-corrected chi connectivity index (χ0v) is 19.8. The van der Waals surface area contributed by atoms with E-state index in [1.807, 2.05) is 43.3 Å². The van der Waals surface area contributed by atoms with E-state index < -0.39 is 23.4 Å². The van der Waals surface area contributed by atoms with Crippen LogP contribution < -0.4 is 20.2 Å². The van der Waals surface area contributed by atoms with Gasteiger partial charge in [0.15, 0.2) is 11.5 Å². The van der Waals surface area contributed by atoms with E-state index in [0.29, 0.717) is 25.2 Å². The van der Waals surface area contributed by atoms with Crippen molar-refractivity contribution in [1.29, 1.82) is 0 Å². The van der Waals surface area contributed by atoms with Gasteiger partial charge >= 0.3 is 6.03 Å². The van der Waals surface area contributed by atoms with Crippen LogP contribution in [0.4, 0.5) is 4.79 Å². The quantitative estimate of drug-likeness (QED) is 0.620. The van der Waals surface area contributed by atoms with Gasteiger partial charge in [-0.15, -0.1) is 0 Å². The van der Waals surface area contributed by atoms with E-state index in [-0.39, 0.29) is 12.6 Å². The predicted molar refractivity (Wildman–Crippen MR) is 128 cm³/mol. The molecule has 0 bridgehead atoms. The Kier molecular flexibility index (Phi) is 6.34. The Balaban J connectivity index is 1.27. The topological polar surface area (TPSA) is 100 Å². The molecular formula is C26H30N4O5. The lowest BCUT2D eigenvalue weighted by molar-refractivity contribution is -0.140. The molecule has 5 rings (SSSR count). The van der Waals surface area contributed by atoms with Crippen molar-refractivity contribution in [2.45, 2.75) is 44.2 Å². The number of hydrogen-bond donors (Lipinski definition) is 2. The number of urea groups is 1. The van der Waals surface area contributed by atoms with Crippen molar-refractivity contribution in [1.82, 2.24) is 20.7 Å². The summed E-state index contributed by atoms with van der Waals surface area (Å²) in [4.78, 5) is 41.0. The van der Waals surface area contributed by atoms with Crippen LogP contribution in [0.15, 0.2) is 48.5 Å². The number of nitrogens with zero attached hydrogens (tertiary/aromatic N) is 2. The van der Waals surface area contributed by atoms with E-state index in [1.165, 1.54) is 0 Å². The normalized spacial score (nSPS) is 24.3. The van der Waals surface area contributed by atoms with Crippen molar-refractivity contribution in [2.75, 3.05) is 26.3 Å². The first-order valence-corrected chi connectivity index (χ1v) is 12.2. The third-order valence-corrected chi connectivity index (χ3v) is 6.99. The highest BCUT2D eigenvalue weighted by Gasteiger charge is 2.52. The number of nitrogens with one attached hydrogen (secondary N) is 2. The van der Waals surface area contributed by atoms with Crippen LogP contribution in [-0.4, -0.2) is 54.1 Å². The summed E-state index contributed by atoms with van der Waals surface area (Å²) in [7, 11) is 0. The van der Waals surface area contributed by atoms with Crippen LogP contribution in [0.1, 0.15) is 49.8 Å². The highest BCUT2D eigenvalue weighted by molar-refractivity contribution is 6.08. The van der Waals surface area contributed by atoms with Crippen LogP contribution in [-0.2, 0) is 15.1 Å². The van der Waals surface area contributed by atoms with Crippen molar-refractivity contribution in [3.8, 4) is 11.5 Å². The first-order chi connectivity index (χ1) is 17.0. The van der Waals surface area contributed by atoms with Gasteiger partial charge < -0.3 is 14.8 Å². The van der Waals surface area contributed by atoms with Gasteiger partial charge in [-0.3, -0.25) is 19.9 Å². The molecule has 2 saturated heterocycles. The average molecular weight is 479 g/mol. The Hall–Kier alpha value is -3.59. The van der Waals surface area contributed by atoms with Gasteiger partial charge in [0.25, 0.3) is 11.8 Å². The second-order valence-electron chi connectivity index (χ2n) is 9.12. The molecule has 35 heavy (non-hydrogen) atoms. The summed E-state index contributed by atoms with van der Waals surface area (Å²) in [6.45, 7) is 3.90. The van der Waals surface area contributed by atoms with Crippen molar-refractivity contribution >= 4 is 17.8 Å². The zero-order chi connectivity index (χ0) is 24.4. The van der Waals surface area contributed by atoms with Gasteiger partial charge in [-0.25, -0.2) is 4.79 Å². The molecule has 2 fully saturated rings. The fraction of sp³-hybridized carbons (Fsp3) is 0.423. The molecule has 9 heteroatoms. The third-order valence-electron chi connectivity index (χ3n) is 6.99. The van der Waals surface area contributed by atoms with E-state index >= 15 is 0 Å². The van der Waals surface area contributed by atoms with E-state index in [4.69, 9.17) is 9.47 Å². The molecule has 0 unspecified atom stereocenters. The molecule has 0 saturated carbocycles. The Morgan fingerprint density at radius 1 is 1.09 bits per heavy atom. The Morgan fingerprint density at radius 2 is 1.86 bits per heavy atom. The number of hydrazine groups is 1. The smallest absolute Gasteiger partial charge is 0.344 e. The molecule has 3 aliphatic heterocycles. The Morgan fingerprint density at radius 3 is 2.63 bits per heavy atom. The third kappa shape index (κ3) is 4.32. The molecule has 0 spiro atoms. The molecule has 2 N–H and O–H groups in total. The van der Waals surface area contributed by atoms with Crippen LogP contribution in [0.5, 0.6) is 11.5 Å². The Labute approximate surface area is 204 Å². The van der Waals surface area contributed by atoms with Crippen molar-refractivity contribution < 1.29 is 23.9 Å². The van der Waals surface area contributed by atoms with Crippen molar-refractivity contribution in [2.24, 2.45) is 0 Å². The first-order valence-electron chi connectivity index (χ1n) is 12.2. The maximum atomic E-state index is 13.3. The van der Waals surface area contributed by atoms with Gasteiger partial charge in [0.05, 0.1) is 19.8 Å². The summed E-state index contributed by atoms with van der Waals surface area (Å²) in [6, 6.07) is 14.4. The lowest BCUT2D eigenvalue weighted by atomic mass is 9.87. The van der Waals surface area contributed by atoms with Crippen molar-refractivity contribution in [3.63, 3.8) is 0 Å². The second kappa shape index (κ2) is 9.58. The summed E-state index contributed by atoms with van der Waals surface area (Å²) in [5.74, 6) is 0.581. The number of rotatable bonds is 6. The van der Waals surface area contributed by atoms with Gasteiger partial charge in [0, 0.05) is 12.5 Å². The molecule has 3 aliphatic rings. The molecule has 0 radical (unpaired) electrons. The van der Waals surface area contributed by atoms with Gasteiger partial charge in [0.2, 0.25) is 0 Å². The monoisotopic (exact) mass is 478 g/mol. The van der Waals surface area contributed by atoms with Crippen LogP contribution in [0.3, 0.4) is 0 Å². The fourth-order valence-corrected chi connectivity index (χ4v) is 5.16. The standard InChI is InChI=1S/C26H30N4O5/c1-2-26(19-8-4-3-5-9-19)24(32)30(25(33)27-26)28-23(31)17-29-13-6-10-20(29)18-11-12-21-22(16-18)35-15-7-14-34-21/h3-5,8-9,11-12,16,20H,2,6-7,10,13-15,17H2,1H3,(H,27,33)(H,28,31)/t20-,26-/m0/s1. The SMILES string of the molecule is CC[C@@]1(c2ccccc2)NC(=O)N(NC(=O)CN2CCC[C@H]2c2ccc3c(c2)OCCCO3)C1=O. The van der Waals surface area contributed by atoms with E-state index in [9.17, 15) is 14.4 Å². The molecule has 4 amide bonds. The predicted octanol–water partition coefficient (Wildman–Crippen LogP) is 2.87. The number of benzene rings is 2. The summed E-state index contributed by atoms with van der Waals surface area (Å²) in [5, 5.41) is 3.60. The number of likely N-dealkylation sites (tertiary alicyclic amines) is 1. The number of fused-ring (bicyclic) bond motifs is 1. The molecule has 2 aromatic carbocycles. The summed E-state index contributed by atoms with van der Waals surface area (Å²) in [6.07, 6.45) is 3.06. The summed E-state index contributed by atoms with van der Waals surface area (Å²) >= 11 is 0. The highest BCUT2D eigenvalue weighted by Crippen LogP contribution is 2.38. The van der Waals surface area contributed by atoms with E-state index in [2.05, 4.69) is 15.6 Å². The molecule has 3 heterocycles. The molecular weight excluding hydrogens is 448 g/mol. The Bertz CT molecular complexity index is 1120. The van der Waals surface area contributed by atoms with Crippen LogP contribution >= 0.6 is 0 Å². The second-order valence-corrected chi connectivity index (χ2v) is 9.12. The highest BCUT2D eigenvalue weighted by atomic mass is 16.5. The minimum Gasteiger partial charge on any atom is -0.490 e. The van der Waals surface area contributed by atoms with E-state index in [0.717, 1.165) is 47.9 Å². The molecule has 0 aromatic heterocycles. The van der Waals surface area contributed by atoms with Crippen LogP contribution in [0.25, 0.3) is 0 Å². The minimum atomic E-state index is -1.19. The largest absolute Gasteiger partial charge is 0.490 e. The van der Waals surface area contributed by atoms with Gasteiger partial charge in [0.1, 0.15) is 5.54 Å². The molecule has 184 valence electrons. The van der Waals surface area contributed by atoms with E-state index in [1.54, 1.807) is 12.1 Å². The van der Waals surface area contributed by atoms with Gasteiger partial charge in [-0.1, -0.05) is 43.3 Å². The summed E-state index contributed by atoms with van der Waals surface area (Å²) in [5.41, 5.74) is 3.10. The number of carbonyl (C=O) groups is 3. The number of imide groups is 1. The number of carbonyl (C=O) groups excluding carboxylic acids is 3. The summed E-state index contributed by atoms with van der Waals surface area (Å²) < 4.78 is 11.6. The molecule has 2 aromatic rings. The number of ether oxygens (including phenoxy) is 2.